The summed E-state index contributed by atoms with van der Waals surface area (Å²) in [5.41, 5.74) is 0.313. The van der Waals surface area contributed by atoms with Crippen LogP contribution in [0.1, 0.15) is 29.0 Å². The van der Waals surface area contributed by atoms with Gasteiger partial charge >= 0.3 is 5.97 Å². The second kappa shape index (κ2) is 4.49. The summed E-state index contributed by atoms with van der Waals surface area (Å²) in [4.78, 5) is 10.9. The molecule has 0 spiro atoms. The highest BCUT2D eigenvalue weighted by Gasteiger charge is 2.19. The van der Waals surface area contributed by atoms with Gasteiger partial charge in [-0.05, 0) is 37.9 Å². The highest BCUT2D eigenvalue weighted by molar-refractivity contribution is 5.88. The lowest BCUT2D eigenvalue weighted by Crippen LogP contribution is -2.28. The van der Waals surface area contributed by atoms with Gasteiger partial charge in [-0.1, -0.05) is 0 Å². The second-order valence-electron chi connectivity index (χ2n) is 3.96. The van der Waals surface area contributed by atoms with Crippen molar-refractivity contribution in [2.24, 2.45) is 5.92 Å². The molecule has 82 valence electrons. The van der Waals surface area contributed by atoms with Crippen molar-refractivity contribution in [3.63, 3.8) is 0 Å². The number of hydrogen-bond acceptors (Lipinski definition) is 3. The molecule has 1 aliphatic rings. The van der Waals surface area contributed by atoms with Crippen LogP contribution in [0, 0.1) is 5.92 Å². The van der Waals surface area contributed by atoms with Gasteiger partial charge in [-0.2, -0.15) is 0 Å². The van der Waals surface area contributed by atoms with Gasteiger partial charge in [0.05, 0.1) is 6.26 Å². The molecule has 0 aromatic carbocycles. The van der Waals surface area contributed by atoms with Gasteiger partial charge < -0.3 is 14.8 Å². The lowest BCUT2D eigenvalue weighted by Gasteiger charge is -2.21. The normalized spacial score (nSPS) is 17.9. The number of carboxylic acids is 1. The molecule has 0 saturated carbocycles. The van der Waals surface area contributed by atoms with Crippen molar-refractivity contribution in [2.45, 2.75) is 19.3 Å². The van der Waals surface area contributed by atoms with E-state index in [1.165, 1.54) is 12.3 Å². The van der Waals surface area contributed by atoms with Gasteiger partial charge in [0.2, 0.25) is 0 Å². The zero-order chi connectivity index (χ0) is 10.7. The van der Waals surface area contributed by atoms with Gasteiger partial charge in [-0.15, -0.1) is 0 Å². The Morgan fingerprint density at radius 1 is 1.53 bits per heavy atom. The third-order valence-electron chi connectivity index (χ3n) is 2.91. The minimum atomic E-state index is -0.896. The fourth-order valence-corrected chi connectivity index (χ4v) is 2.04. The number of nitrogens with one attached hydrogen (secondary N) is 1. The highest BCUT2D eigenvalue weighted by atomic mass is 16.4. The first kappa shape index (κ1) is 10.2. The first-order chi connectivity index (χ1) is 7.27. The summed E-state index contributed by atoms with van der Waals surface area (Å²) in [6.45, 7) is 2.04. The first-order valence-electron chi connectivity index (χ1n) is 5.27. The van der Waals surface area contributed by atoms with Crippen LogP contribution in [0.5, 0.6) is 0 Å². The van der Waals surface area contributed by atoms with E-state index in [9.17, 15) is 4.79 Å². The van der Waals surface area contributed by atoms with Crippen LogP contribution in [-0.2, 0) is 6.42 Å². The minimum Gasteiger partial charge on any atom is -0.478 e. The van der Waals surface area contributed by atoms with Gasteiger partial charge in [-0.3, -0.25) is 0 Å². The number of piperidine rings is 1. The van der Waals surface area contributed by atoms with Crippen LogP contribution < -0.4 is 5.32 Å². The standard InChI is InChI=1S/C11H15NO3/c13-11(14)9-3-6-15-10(9)7-8-1-4-12-5-2-8/h3,6,8,12H,1-2,4-5,7H2,(H,13,14). The number of rotatable bonds is 3. The largest absolute Gasteiger partial charge is 0.478 e. The molecule has 0 unspecified atom stereocenters. The molecule has 1 aromatic heterocycles. The summed E-state index contributed by atoms with van der Waals surface area (Å²) in [6, 6.07) is 1.53. The lowest BCUT2D eigenvalue weighted by atomic mass is 9.92. The van der Waals surface area contributed by atoms with E-state index in [0.717, 1.165) is 32.4 Å². The first-order valence-corrected chi connectivity index (χ1v) is 5.27. The molecule has 2 rings (SSSR count). The predicted octanol–water partition coefficient (Wildman–Crippen LogP) is 1.52. The van der Waals surface area contributed by atoms with Crippen LogP contribution in [0.3, 0.4) is 0 Å². The number of carbonyl (C=O) groups is 1. The maximum Gasteiger partial charge on any atom is 0.339 e. The predicted molar refractivity (Wildman–Crippen MR) is 55.0 cm³/mol. The maximum atomic E-state index is 10.9. The summed E-state index contributed by atoms with van der Waals surface area (Å²) in [6.07, 6.45) is 4.40. The molecule has 1 aromatic rings. The maximum absolute atomic E-state index is 10.9. The number of furan rings is 1. The zero-order valence-corrected chi connectivity index (χ0v) is 8.53. The SMILES string of the molecule is O=C(O)c1ccoc1CC1CCNCC1. The van der Waals surface area contributed by atoms with Gasteiger partial charge in [0, 0.05) is 6.42 Å². The summed E-state index contributed by atoms with van der Waals surface area (Å²) in [5, 5.41) is 12.2. The van der Waals surface area contributed by atoms with Crippen LogP contribution in [0.2, 0.25) is 0 Å². The van der Waals surface area contributed by atoms with Gasteiger partial charge in [0.25, 0.3) is 0 Å². The summed E-state index contributed by atoms with van der Waals surface area (Å²) in [5.74, 6) is 0.276. The van der Waals surface area contributed by atoms with Crippen LogP contribution in [-0.4, -0.2) is 24.2 Å². The van der Waals surface area contributed by atoms with E-state index >= 15 is 0 Å². The average molecular weight is 209 g/mol. The van der Waals surface area contributed by atoms with Gasteiger partial charge in [0.15, 0.2) is 0 Å². The van der Waals surface area contributed by atoms with E-state index in [0.29, 0.717) is 17.2 Å². The van der Waals surface area contributed by atoms with E-state index in [2.05, 4.69) is 5.32 Å². The Kier molecular flexibility index (Phi) is 3.06. The molecule has 4 heteroatoms. The average Bonchev–Trinajstić information content (AvgIpc) is 2.67. The summed E-state index contributed by atoms with van der Waals surface area (Å²) >= 11 is 0. The van der Waals surface area contributed by atoms with E-state index in [1.807, 2.05) is 0 Å². The molecular formula is C11H15NO3. The second-order valence-corrected chi connectivity index (χ2v) is 3.96. The molecule has 0 amide bonds. The third-order valence-corrected chi connectivity index (χ3v) is 2.91. The zero-order valence-electron chi connectivity index (χ0n) is 8.53. The van der Waals surface area contributed by atoms with Crippen molar-refractivity contribution in [1.82, 2.24) is 5.32 Å². The molecule has 4 nitrogen and oxygen atoms in total. The Morgan fingerprint density at radius 3 is 2.93 bits per heavy atom. The lowest BCUT2D eigenvalue weighted by molar-refractivity contribution is 0.0694. The molecule has 0 bridgehead atoms. The minimum absolute atomic E-state index is 0.313. The van der Waals surface area contributed by atoms with Crippen molar-refractivity contribution in [3.05, 3.63) is 23.7 Å². The van der Waals surface area contributed by atoms with Crippen LogP contribution in [0.15, 0.2) is 16.7 Å². The topological polar surface area (TPSA) is 62.5 Å². The smallest absolute Gasteiger partial charge is 0.339 e. The van der Waals surface area contributed by atoms with Crippen molar-refractivity contribution in [3.8, 4) is 0 Å². The molecule has 2 N–H and O–H groups in total. The van der Waals surface area contributed by atoms with Gasteiger partial charge in [0.1, 0.15) is 11.3 Å². The van der Waals surface area contributed by atoms with E-state index < -0.39 is 5.97 Å². The number of aromatic carboxylic acids is 1. The molecule has 1 aliphatic heterocycles. The van der Waals surface area contributed by atoms with Crippen molar-refractivity contribution >= 4 is 5.97 Å². The van der Waals surface area contributed by atoms with Crippen LogP contribution >= 0.6 is 0 Å². The monoisotopic (exact) mass is 209 g/mol. The fraction of sp³-hybridized carbons (Fsp3) is 0.545. The fourth-order valence-electron chi connectivity index (χ4n) is 2.04. The number of carboxylic acid groups (broad SMARTS) is 1. The highest BCUT2D eigenvalue weighted by Crippen LogP contribution is 2.21. The van der Waals surface area contributed by atoms with E-state index in [-0.39, 0.29) is 0 Å². The Hall–Kier alpha value is -1.29. The molecular weight excluding hydrogens is 194 g/mol. The van der Waals surface area contributed by atoms with Gasteiger partial charge in [-0.25, -0.2) is 4.79 Å². The Bertz CT molecular complexity index is 339. The van der Waals surface area contributed by atoms with Crippen LogP contribution in [0.4, 0.5) is 0 Å². The quantitative estimate of drug-likeness (QED) is 0.792. The Morgan fingerprint density at radius 2 is 2.27 bits per heavy atom. The molecule has 2 heterocycles. The van der Waals surface area contributed by atoms with Crippen molar-refractivity contribution in [1.29, 1.82) is 0 Å². The number of hydrogen-bond donors (Lipinski definition) is 2. The molecule has 0 radical (unpaired) electrons. The summed E-state index contributed by atoms with van der Waals surface area (Å²) < 4.78 is 5.23. The Balaban J connectivity index is 2.03. The molecule has 0 aliphatic carbocycles. The molecule has 1 saturated heterocycles. The summed E-state index contributed by atoms with van der Waals surface area (Å²) in [7, 11) is 0. The van der Waals surface area contributed by atoms with Crippen LogP contribution in [0.25, 0.3) is 0 Å². The van der Waals surface area contributed by atoms with E-state index in [4.69, 9.17) is 9.52 Å². The van der Waals surface area contributed by atoms with E-state index in [1.54, 1.807) is 0 Å². The van der Waals surface area contributed by atoms with Crippen molar-refractivity contribution < 1.29 is 14.3 Å². The molecule has 0 atom stereocenters. The van der Waals surface area contributed by atoms with Crippen molar-refractivity contribution in [2.75, 3.05) is 13.1 Å². The molecule has 1 fully saturated rings. The third kappa shape index (κ3) is 2.39. The Labute approximate surface area is 88.3 Å². The molecule has 15 heavy (non-hydrogen) atoms.